The molecule has 10 heteroatoms. The third-order valence-corrected chi connectivity index (χ3v) is 9.55. The first-order chi connectivity index (χ1) is 20.0. The van der Waals surface area contributed by atoms with Crippen molar-refractivity contribution in [3.63, 3.8) is 0 Å². The van der Waals surface area contributed by atoms with Crippen LogP contribution in [0.25, 0.3) is 0 Å². The molecule has 0 aromatic heterocycles. The van der Waals surface area contributed by atoms with Crippen molar-refractivity contribution in [3.05, 3.63) is 70.5 Å². The molecule has 42 heavy (non-hydrogen) atoms. The molecule has 5 rings (SSSR count). The van der Waals surface area contributed by atoms with Gasteiger partial charge in [0.25, 0.3) is 0 Å². The van der Waals surface area contributed by atoms with Gasteiger partial charge in [0.15, 0.2) is 0 Å². The first-order valence-electron chi connectivity index (χ1n) is 14.8. The van der Waals surface area contributed by atoms with Gasteiger partial charge in [-0.3, -0.25) is 19.4 Å². The van der Waals surface area contributed by atoms with E-state index >= 15 is 4.39 Å². The van der Waals surface area contributed by atoms with E-state index in [1.807, 2.05) is 11.8 Å². The molecule has 2 aromatic rings. The minimum absolute atomic E-state index is 0.0102. The zero-order chi connectivity index (χ0) is 30.2. The highest BCUT2D eigenvalue weighted by Crippen LogP contribution is 2.39. The van der Waals surface area contributed by atoms with Crippen LogP contribution in [0, 0.1) is 30.3 Å². The standard InChI is InChI=1S/C32H40F3N3O4/c1-20-4-5-22(28(34)14-20)16-32(3,31(40)41)37-10-11-38(21(2)17-37)30(39)27-19-36(24-8-12-42-13-9-24)18-26(27)25-7-6-23(33)15-29(25)35/h4-7,14-15,21,24,26-27H,8-13,16-19H2,1-3H3,(H,40,41)/t21-,26-,27+,32-/m0/s1. The Morgan fingerprint density at radius 2 is 1.74 bits per heavy atom. The maximum atomic E-state index is 15.0. The molecule has 0 aliphatic carbocycles. The average Bonchev–Trinajstić information content (AvgIpc) is 3.39. The molecular formula is C32H40F3N3O4. The smallest absolute Gasteiger partial charge is 0.324 e. The SMILES string of the molecule is Cc1ccc(C[C@@](C)(C(=O)O)N2CCN(C(=O)[C@@H]3CN(C4CCOCC4)C[C@H]3c3ccc(F)cc3F)[C@@H](C)C2)c(F)c1. The lowest BCUT2D eigenvalue weighted by atomic mass is 9.86. The Balaban J connectivity index is 1.35. The zero-order valence-corrected chi connectivity index (χ0v) is 24.5. The van der Waals surface area contributed by atoms with E-state index < -0.39 is 40.8 Å². The van der Waals surface area contributed by atoms with Gasteiger partial charge in [0.1, 0.15) is 23.0 Å². The number of carboxylic acid groups (broad SMARTS) is 1. The van der Waals surface area contributed by atoms with Crippen LogP contribution in [0.3, 0.4) is 0 Å². The first kappa shape index (κ1) is 30.5. The Bertz CT molecular complexity index is 1320. The summed E-state index contributed by atoms with van der Waals surface area (Å²) < 4.78 is 49.0. The van der Waals surface area contributed by atoms with Crippen LogP contribution in [0.2, 0.25) is 0 Å². The van der Waals surface area contributed by atoms with Crippen molar-refractivity contribution >= 4 is 11.9 Å². The van der Waals surface area contributed by atoms with E-state index in [0.29, 0.717) is 57.1 Å². The Kier molecular flexibility index (Phi) is 8.97. The second-order valence-corrected chi connectivity index (χ2v) is 12.4. The number of rotatable bonds is 7. The summed E-state index contributed by atoms with van der Waals surface area (Å²) in [5.41, 5.74) is 0.0660. The minimum atomic E-state index is -1.37. The number of aliphatic carboxylic acids is 1. The largest absolute Gasteiger partial charge is 0.480 e. The maximum Gasteiger partial charge on any atom is 0.324 e. The number of carboxylic acids is 1. The van der Waals surface area contributed by atoms with Crippen molar-refractivity contribution in [2.75, 3.05) is 45.9 Å². The van der Waals surface area contributed by atoms with E-state index in [1.165, 1.54) is 18.2 Å². The van der Waals surface area contributed by atoms with Crippen LogP contribution in [0.5, 0.6) is 0 Å². The fourth-order valence-corrected chi connectivity index (χ4v) is 6.99. The third-order valence-electron chi connectivity index (χ3n) is 9.55. The van der Waals surface area contributed by atoms with Crippen LogP contribution in [0.1, 0.15) is 49.3 Å². The monoisotopic (exact) mass is 587 g/mol. The molecule has 3 aliphatic rings. The molecular weight excluding hydrogens is 547 g/mol. The fourth-order valence-electron chi connectivity index (χ4n) is 6.99. The predicted molar refractivity (Wildman–Crippen MR) is 152 cm³/mol. The summed E-state index contributed by atoms with van der Waals surface area (Å²) in [4.78, 5) is 32.6. The lowest BCUT2D eigenvalue weighted by molar-refractivity contribution is -0.154. The number of benzene rings is 2. The van der Waals surface area contributed by atoms with Crippen molar-refractivity contribution in [2.24, 2.45) is 5.92 Å². The first-order valence-corrected chi connectivity index (χ1v) is 14.8. The second-order valence-electron chi connectivity index (χ2n) is 12.4. The van der Waals surface area contributed by atoms with Crippen LogP contribution in [-0.4, -0.2) is 95.2 Å². The second kappa shape index (κ2) is 12.3. The summed E-state index contributed by atoms with van der Waals surface area (Å²) in [6, 6.07) is 8.29. The van der Waals surface area contributed by atoms with Gasteiger partial charge in [0.05, 0.1) is 5.92 Å². The van der Waals surface area contributed by atoms with Gasteiger partial charge in [0.2, 0.25) is 5.91 Å². The van der Waals surface area contributed by atoms with Gasteiger partial charge >= 0.3 is 5.97 Å². The molecule has 1 amide bonds. The zero-order valence-electron chi connectivity index (χ0n) is 24.5. The molecule has 7 nitrogen and oxygen atoms in total. The Hall–Kier alpha value is -2.95. The number of piperazine rings is 1. The van der Waals surface area contributed by atoms with Gasteiger partial charge in [0, 0.05) is 76.4 Å². The Morgan fingerprint density at radius 1 is 1.00 bits per heavy atom. The molecule has 1 N–H and O–H groups in total. The molecule has 3 aliphatic heterocycles. The fraction of sp³-hybridized carbons (Fsp3) is 0.562. The van der Waals surface area contributed by atoms with Crippen LogP contribution < -0.4 is 0 Å². The molecule has 228 valence electrons. The Labute approximate surface area is 245 Å². The van der Waals surface area contributed by atoms with Gasteiger partial charge in [-0.05, 0) is 62.4 Å². The molecule has 0 bridgehead atoms. The molecule has 3 heterocycles. The number of aryl methyl sites for hydroxylation is 1. The topological polar surface area (TPSA) is 73.3 Å². The van der Waals surface area contributed by atoms with E-state index in [2.05, 4.69) is 4.90 Å². The van der Waals surface area contributed by atoms with Crippen molar-refractivity contribution in [1.82, 2.24) is 14.7 Å². The number of carbonyl (C=O) groups excluding carboxylic acids is 1. The third kappa shape index (κ3) is 6.07. The van der Waals surface area contributed by atoms with Crippen LogP contribution in [0.15, 0.2) is 36.4 Å². The van der Waals surface area contributed by atoms with E-state index in [1.54, 1.807) is 30.9 Å². The molecule has 2 aromatic carbocycles. The molecule has 0 spiro atoms. The number of ether oxygens (including phenoxy) is 1. The maximum absolute atomic E-state index is 15.0. The summed E-state index contributed by atoms with van der Waals surface area (Å²) in [7, 11) is 0. The van der Waals surface area contributed by atoms with Gasteiger partial charge in [-0.25, -0.2) is 13.2 Å². The summed E-state index contributed by atoms with van der Waals surface area (Å²) in [5.74, 6) is -3.84. The minimum Gasteiger partial charge on any atom is -0.480 e. The van der Waals surface area contributed by atoms with Crippen molar-refractivity contribution in [1.29, 1.82) is 0 Å². The average molecular weight is 588 g/mol. The number of nitrogens with zero attached hydrogens (tertiary/aromatic N) is 3. The van der Waals surface area contributed by atoms with Crippen LogP contribution in [-0.2, 0) is 20.7 Å². The van der Waals surface area contributed by atoms with E-state index in [0.717, 1.165) is 24.5 Å². The summed E-state index contributed by atoms with van der Waals surface area (Å²) >= 11 is 0. The summed E-state index contributed by atoms with van der Waals surface area (Å²) in [5, 5.41) is 10.3. The van der Waals surface area contributed by atoms with Gasteiger partial charge in [-0.2, -0.15) is 0 Å². The molecule has 0 radical (unpaired) electrons. The van der Waals surface area contributed by atoms with E-state index in [4.69, 9.17) is 4.74 Å². The number of carbonyl (C=O) groups is 2. The molecule has 0 saturated carbocycles. The predicted octanol–water partition coefficient (Wildman–Crippen LogP) is 4.23. The highest BCUT2D eigenvalue weighted by atomic mass is 19.1. The highest BCUT2D eigenvalue weighted by molar-refractivity contribution is 5.82. The number of likely N-dealkylation sites (tertiary alicyclic amines) is 1. The highest BCUT2D eigenvalue weighted by Gasteiger charge is 2.47. The van der Waals surface area contributed by atoms with Crippen molar-refractivity contribution < 1.29 is 32.6 Å². The van der Waals surface area contributed by atoms with Gasteiger partial charge < -0.3 is 14.7 Å². The molecule has 3 saturated heterocycles. The van der Waals surface area contributed by atoms with Gasteiger partial charge in [-0.15, -0.1) is 0 Å². The van der Waals surface area contributed by atoms with Gasteiger partial charge in [-0.1, -0.05) is 18.2 Å². The van der Waals surface area contributed by atoms with Crippen molar-refractivity contribution in [2.45, 2.75) is 63.6 Å². The molecule has 4 atom stereocenters. The van der Waals surface area contributed by atoms with Crippen LogP contribution in [0.4, 0.5) is 13.2 Å². The van der Waals surface area contributed by atoms with E-state index in [9.17, 15) is 23.5 Å². The van der Waals surface area contributed by atoms with Crippen molar-refractivity contribution in [3.8, 4) is 0 Å². The lowest BCUT2D eigenvalue weighted by Crippen LogP contribution is -2.64. The quantitative estimate of drug-likeness (QED) is 0.523. The summed E-state index contributed by atoms with van der Waals surface area (Å²) in [6.07, 6.45) is 1.66. The number of amides is 1. The molecule has 0 unspecified atom stereocenters. The Morgan fingerprint density at radius 3 is 2.38 bits per heavy atom. The molecule has 3 fully saturated rings. The number of hydrogen-bond acceptors (Lipinski definition) is 5. The van der Waals surface area contributed by atoms with Crippen LogP contribution >= 0.6 is 0 Å². The number of halogens is 3. The number of hydrogen-bond donors (Lipinski definition) is 1. The van der Waals surface area contributed by atoms with E-state index in [-0.39, 0.29) is 24.4 Å². The normalized spacial score (nSPS) is 25.9. The lowest BCUT2D eigenvalue weighted by Gasteiger charge is -2.47. The summed E-state index contributed by atoms with van der Waals surface area (Å²) in [6.45, 7) is 8.43.